The predicted molar refractivity (Wildman–Crippen MR) is 80.8 cm³/mol. The van der Waals surface area contributed by atoms with Gasteiger partial charge in [-0.1, -0.05) is 36.4 Å². The summed E-state index contributed by atoms with van der Waals surface area (Å²) in [4.78, 5) is 17.1. The standard InChI is InChI=1S/C15H14N4OS/c20-14(9-19-11-16-10-17-19)18-15(13-7-4-8-21-13)12-5-2-1-3-6-12/h1-8,10-11,15H,9H2,(H,18,20)/t15-/m0/s1. The van der Waals surface area contributed by atoms with Crippen molar-refractivity contribution >= 4 is 17.2 Å². The summed E-state index contributed by atoms with van der Waals surface area (Å²) in [6.45, 7) is 0.161. The lowest BCUT2D eigenvalue weighted by Gasteiger charge is -2.18. The highest BCUT2D eigenvalue weighted by Gasteiger charge is 2.17. The van der Waals surface area contributed by atoms with Crippen LogP contribution in [0.1, 0.15) is 16.5 Å². The molecule has 0 aliphatic heterocycles. The molecule has 1 atom stereocenters. The summed E-state index contributed by atoms with van der Waals surface area (Å²) in [5.74, 6) is -0.0947. The van der Waals surface area contributed by atoms with Crippen molar-refractivity contribution in [3.63, 3.8) is 0 Å². The van der Waals surface area contributed by atoms with Gasteiger partial charge in [-0.2, -0.15) is 5.10 Å². The van der Waals surface area contributed by atoms with Crippen molar-refractivity contribution in [3.05, 3.63) is 70.9 Å². The van der Waals surface area contributed by atoms with E-state index >= 15 is 0 Å². The lowest BCUT2D eigenvalue weighted by atomic mass is 10.1. The first-order chi connectivity index (χ1) is 10.3. The SMILES string of the molecule is O=C(Cn1cncn1)N[C@@H](c1ccccc1)c1cccs1. The van der Waals surface area contributed by atoms with Crippen LogP contribution in [0.4, 0.5) is 0 Å². The molecule has 1 amide bonds. The Morgan fingerprint density at radius 1 is 1.24 bits per heavy atom. The van der Waals surface area contributed by atoms with Gasteiger partial charge in [0, 0.05) is 4.88 Å². The van der Waals surface area contributed by atoms with Crippen molar-refractivity contribution in [3.8, 4) is 0 Å². The van der Waals surface area contributed by atoms with Gasteiger partial charge in [0.05, 0.1) is 6.04 Å². The molecular formula is C15H14N4OS. The molecule has 0 unspecified atom stereocenters. The third kappa shape index (κ3) is 3.35. The van der Waals surface area contributed by atoms with Crippen molar-refractivity contribution in [1.82, 2.24) is 20.1 Å². The summed E-state index contributed by atoms with van der Waals surface area (Å²) in [5, 5.41) is 9.01. The van der Waals surface area contributed by atoms with E-state index in [0.717, 1.165) is 10.4 Å². The van der Waals surface area contributed by atoms with E-state index in [0.29, 0.717) is 0 Å². The second-order valence-corrected chi connectivity index (χ2v) is 5.50. The van der Waals surface area contributed by atoms with Crippen LogP contribution in [0, 0.1) is 0 Å². The van der Waals surface area contributed by atoms with Crippen LogP contribution in [0.3, 0.4) is 0 Å². The predicted octanol–water partition coefficient (Wildman–Crippen LogP) is 2.25. The van der Waals surface area contributed by atoms with Crippen LogP contribution in [-0.2, 0) is 11.3 Å². The second-order valence-electron chi connectivity index (χ2n) is 4.52. The zero-order chi connectivity index (χ0) is 14.5. The Morgan fingerprint density at radius 2 is 2.10 bits per heavy atom. The number of aromatic nitrogens is 3. The monoisotopic (exact) mass is 298 g/mol. The number of nitrogens with zero attached hydrogens (tertiary/aromatic N) is 3. The molecule has 1 N–H and O–H groups in total. The Kier molecular flexibility index (Phi) is 4.07. The fraction of sp³-hybridized carbons (Fsp3) is 0.133. The summed E-state index contributed by atoms with van der Waals surface area (Å²) in [6.07, 6.45) is 2.95. The van der Waals surface area contributed by atoms with Crippen LogP contribution in [-0.4, -0.2) is 20.7 Å². The molecule has 6 heteroatoms. The van der Waals surface area contributed by atoms with Gasteiger partial charge in [-0.3, -0.25) is 4.79 Å². The fourth-order valence-electron chi connectivity index (χ4n) is 2.09. The van der Waals surface area contributed by atoms with Crippen molar-refractivity contribution < 1.29 is 4.79 Å². The third-order valence-electron chi connectivity index (χ3n) is 3.04. The van der Waals surface area contributed by atoms with Crippen molar-refractivity contribution in [2.24, 2.45) is 0 Å². The Bertz CT molecular complexity index is 680. The second kappa shape index (κ2) is 6.32. The van der Waals surface area contributed by atoms with Gasteiger partial charge in [-0.25, -0.2) is 9.67 Å². The van der Waals surface area contributed by atoms with Crippen molar-refractivity contribution in [1.29, 1.82) is 0 Å². The molecule has 2 heterocycles. The van der Waals surface area contributed by atoms with Crippen molar-refractivity contribution in [2.45, 2.75) is 12.6 Å². The molecule has 0 spiro atoms. The van der Waals surface area contributed by atoms with Gasteiger partial charge >= 0.3 is 0 Å². The summed E-state index contributed by atoms with van der Waals surface area (Å²) >= 11 is 1.63. The number of rotatable bonds is 5. The highest BCUT2D eigenvalue weighted by atomic mass is 32.1. The Morgan fingerprint density at radius 3 is 2.76 bits per heavy atom. The Balaban J connectivity index is 1.78. The number of amides is 1. The summed E-state index contributed by atoms with van der Waals surface area (Å²) < 4.78 is 1.51. The normalized spacial score (nSPS) is 12.0. The third-order valence-corrected chi connectivity index (χ3v) is 3.98. The zero-order valence-electron chi connectivity index (χ0n) is 11.2. The first kappa shape index (κ1) is 13.5. The number of carbonyl (C=O) groups excluding carboxylic acids is 1. The van der Waals surface area contributed by atoms with Gasteiger partial charge in [0.15, 0.2) is 0 Å². The molecule has 3 aromatic rings. The maximum atomic E-state index is 12.2. The number of hydrogen-bond donors (Lipinski definition) is 1. The smallest absolute Gasteiger partial charge is 0.242 e. The highest BCUT2D eigenvalue weighted by molar-refractivity contribution is 7.10. The molecule has 2 aromatic heterocycles. The minimum Gasteiger partial charge on any atom is -0.343 e. The van der Waals surface area contributed by atoms with E-state index < -0.39 is 0 Å². The molecule has 0 saturated heterocycles. The molecule has 0 saturated carbocycles. The minimum absolute atomic E-state index is 0.0947. The number of nitrogens with one attached hydrogen (secondary N) is 1. The van der Waals surface area contributed by atoms with Crippen LogP contribution < -0.4 is 5.32 Å². The van der Waals surface area contributed by atoms with E-state index in [1.165, 1.54) is 17.3 Å². The fourth-order valence-corrected chi connectivity index (χ4v) is 2.89. The van der Waals surface area contributed by atoms with Crippen LogP contribution >= 0.6 is 11.3 Å². The minimum atomic E-state index is -0.137. The summed E-state index contributed by atoms with van der Waals surface area (Å²) in [7, 11) is 0. The van der Waals surface area contributed by atoms with Crippen LogP contribution in [0.5, 0.6) is 0 Å². The molecule has 1 aromatic carbocycles. The highest BCUT2D eigenvalue weighted by Crippen LogP contribution is 2.25. The van der Waals surface area contributed by atoms with E-state index in [-0.39, 0.29) is 18.5 Å². The van der Waals surface area contributed by atoms with E-state index in [1.807, 2.05) is 47.8 Å². The Hall–Kier alpha value is -2.47. The van der Waals surface area contributed by atoms with Gasteiger partial charge in [0.25, 0.3) is 0 Å². The molecule has 0 radical (unpaired) electrons. The number of benzene rings is 1. The topological polar surface area (TPSA) is 59.8 Å². The molecule has 0 fully saturated rings. The molecule has 0 aliphatic rings. The number of thiophene rings is 1. The lowest BCUT2D eigenvalue weighted by Crippen LogP contribution is -2.32. The maximum absolute atomic E-state index is 12.2. The van der Waals surface area contributed by atoms with Crippen molar-refractivity contribution in [2.75, 3.05) is 0 Å². The van der Waals surface area contributed by atoms with Crippen LogP contribution in [0.25, 0.3) is 0 Å². The number of carbonyl (C=O) groups is 1. The molecule has 0 bridgehead atoms. The van der Waals surface area contributed by atoms with E-state index in [9.17, 15) is 4.79 Å². The van der Waals surface area contributed by atoms with E-state index in [1.54, 1.807) is 11.3 Å². The Labute approximate surface area is 126 Å². The number of hydrogen-bond acceptors (Lipinski definition) is 4. The van der Waals surface area contributed by atoms with Crippen LogP contribution in [0.2, 0.25) is 0 Å². The van der Waals surface area contributed by atoms with Gasteiger partial charge in [0.1, 0.15) is 19.2 Å². The van der Waals surface area contributed by atoms with Gasteiger partial charge in [-0.05, 0) is 17.0 Å². The average molecular weight is 298 g/mol. The first-order valence-corrected chi connectivity index (χ1v) is 7.41. The maximum Gasteiger partial charge on any atom is 0.242 e. The first-order valence-electron chi connectivity index (χ1n) is 6.53. The molecule has 106 valence electrons. The van der Waals surface area contributed by atoms with E-state index in [2.05, 4.69) is 15.4 Å². The average Bonchev–Trinajstić information content (AvgIpc) is 3.19. The lowest BCUT2D eigenvalue weighted by molar-refractivity contribution is -0.122. The molecule has 3 rings (SSSR count). The molecule has 5 nitrogen and oxygen atoms in total. The zero-order valence-corrected chi connectivity index (χ0v) is 12.0. The molecule has 21 heavy (non-hydrogen) atoms. The van der Waals surface area contributed by atoms with E-state index in [4.69, 9.17) is 0 Å². The van der Waals surface area contributed by atoms with Crippen LogP contribution in [0.15, 0.2) is 60.5 Å². The van der Waals surface area contributed by atoms with Gasteiger partial charge in [0.2, 0.25) is 5.91 Å². The quantitative estimate of drug-likeness (QED) is 0.786. The van der Waals surface area contributed by atoms with Gasteiger partial charge in [-0.15, -0.1) is 11.3 Å². The molecular weight excluding hydrogens is 284 g/mol. The summed E-state index contributed by atoms with van der Waals surface area (Å²) in [5.41, 5.74) is 1.06. The largest absolute Gasteiger partial charge is 0.343 e. The summed E-state index contributed by atoms with van der Waals surface area (Å²) in [6, 6.07) is 13.8. The molecule has 0 aliphatic carbocycles. The van der Waals surface area contributed by atoms with Gasteiger partial charge < -0.3 is 5.32 Å².